The molecule has 1 N–H and O–H groups in total. The topological polar surface area (TPSA) is 38.3 Å². The molecule has 0 bridgehead atoms. The third-order valence-electron chi connectivity index (χ3n) is 3.40. The number of hydrogen-bond donors (Lipinski definition) is 1. The Morgan fingerprint density at radius 3 is 2.07 bits per heavy atom. The van der Waals surface area contributed by atoms with Crippen LogP contribution in [0, 0.1) is 40.9 Å². The molecule has 0 aliphatic heterocycles. The van der Waals surface area contributed by atoms with Crippen molar-refractivity contribution in [2.24, 2.45) is 0 Å². The number of benzene rings is 2. The smallest absolute Gasteiger partial charge is 0.338 e. The molecule has 0 fully saturated rings. The lowest BCUT2D eigenvalue weighted by atomic mass is 10.1. The standard InChI is InChI=1S/C19H14F5NO2/c1-2-27-19(26)11-6-8-12(9-7-11)25-10-4-3-5-13-14(20)16(22)18(24)17(23)15(13)21/h6-9,25H,2,4,10H2,1H3. The van der Waals surface area contributed by atoms with Crippen molar-refractivity contribution < 1.29 is 31.5 Å². The summed E-state index contributed by atoms with van der Waals surface area (Å²) in [5.41, 5.74) is -0.125. The zero-order chi connectivity index (χ0) is 20.0. The van der Waals surface area contributed by atoms with E-state index in [1.807, 2.05) is 5.92 Å². The van der Waals surface area contributed by atoms with E-state index >= 15 is 0 Å². The summed E-state index contributed by atoms with van der Waals surface area (Å²) in [6, 6.07) is 6.37. The molecule has 0 aliphatic rings. The number of ether oxygens (including phenoxy) is 1. The number of esters is 1. The lowest BCUT2D eigenvalue weighted by Crippen LogP contribution is -2.05. The maximum atomic E-state index is 13.5. The van der Waals surface area contributed by atoms with E-state index in [2.05, 4.69) is 11.2 Å². The number of anilines is 1. The molecule has 0 aliphatic carbocycles. The molecule has 2 rings (SSSR count). The van der Waals surface area contributed by atoms with Crippen LogP contribution >= 0.6 is 0 Å². The third kappa shape index (κ3) is 4.76. The molecule has 0 saturated heterocycles. The molecule has 0 amide bonds. The number of hydrogen-bond acceptors (Lipinski definition) is 3. The first-order valence-corrected chi connectivity index (χ1v) is 7.88. The van der Waals surface area contributed by atoms with Crippen LogP contribution in [0.5, 0.6) is 0 Å². The van der Waals surface area contributed by atoms with Gasteiger partial charge in [-0.2, -0.15) is 0 Å². The second-order valence-corrected chi connectivity index (χ2v) is 5.22. The minimum absolute atomic E-state index is 0.0825. The fourth-order valence-electron chi connectivity index (χ4n) is 2.07. The van der Waals surface area contributed by atoms with Crippen molar-refractivity contribution in [2.75, 3.05) is 18.5 Å². The minimum Gasteiger partial charge on any atom is -0.462 e. The van der Waals surface area contributed by atoms with E-state index in [0.29, 0.717) is 11.3 Å². The molecule has 0 saturated carbocycles. The molecular formula is C19H14F5NO2. The van der Waals surface area contributed by atoms with Gasteiger partial charge < -0.3 is 10.1 Å². The second kappa shape index (κ2) is 9.03. The summed E-state index contributed by atoms with van der Waals surface area (Å²) >= 11 is 0. The van der Waals surface area contributed by atoms with Crippen LogP contribution in [0.1, 0.15) is 29.3 Å². The van der Waals surface area contributed by atoms with Gasteiger partial charge in [-0.15, -0.1) is 0 Å². The van der Waals surface area contributed by atoms with Crippen LogP contribution in [-0.4, -0.2) is 19.1 Å². The predicted molar refractivity (Wildman–Crippen MR) is 88.6 cm³/mol. The quantitative estimate of drug-likeness (QED) is 0.208. The Hall–Kier alpha value is -3.08. The second-order valence-electron chi connectivity index (χ2n) is 5.22. The summed E-state index contributed by atoms with van der Waals surface area (Å²) in [6.07, 6.45) is 0.0825. The molecule has 3 nitrogen and oxygen atoms in total. The maximum Gasteiger partial charge on any atom is 0.338 e. The molecule has 2 aromatic carbocycles. The lowest BCUT2D eigenvalue weighted by molar-refractivity contribution is 0.0526. The van der Waals surface area contributed by atoms with E-state index in [4.69, 9.17) is 4.74 Å². The third-order valence-corrected chi connectivity index (χ3v) is 3.40. The van der Waals surface area contributed by atoms with E-state index in [-0.39, 0.29) is 19.6 Å². The van der Waals surface area contributed by atoms with E-state index in [1.165, 1.54) is 0 Å². The van der Waals surface area contributed by atoms with Gasteiger partial charge in [-0.3, -0.25) is 0 Å². The zero-order valence-electron chi connectivity index (χ0n) is 14.1. The maximum absolute atomic E-state index is 13.5. The molecule has 0 spiro atoms. The van der Waals surface area contributed by atoms with Gasteiger partial charge in [0.15, 0.2) is 23.3 Å². The van der Waals surface area contributed by atoms with Gasteiger partial charge in [0, 0.05) is 18.7 Å². The molecule has 0 atom stereocenters. The van der Waals surface area contributed by atoms with E-state index < -0.39 is 40.6 Å². The minimum atomic E-state index is -2.22. The molecule has 2 aromatic rings. The molecule has 0 aromatic heterocycles. The summed E-state index contributed by atoms with van der Waals surface area (Å²) in [7, 11) is 0. The van der Waals surface area contributed by atoms with Gasteiger partial charge in [-0.05, 0) is 31.2 Å². The van der Waals surface area contributed by atoms with E-state index in [0.717, 1.165) is 0 Å². The molecule has 27 heavy (non-hydrogen) atoms. The fourth-order valence-corrected chi connectivity index (χ4v) is 2.07. The monoisotopic (exact) mass is 383 g/mol. The average molecular weight is 383 g/mol. The van der Waals surface area contributed by atoms with Gasteiger partial charge >= 0.3 is 5.97 Å². The first kappa shape index (κ1) is 20.2. The van der Waals surface area contributed by atoms with Crippen molar-refractivity contribution in [3.05, 3.63) is 64.5 Å². The average Bonchev–Trinajstić information content (AvgIpc) is 2.67. The lowest BCUT2D eigenvalue weighted by Gasteiger charge is -2.06. The van der Waals surface area contributed by atoms with Crippen molar-refractivity contribution in [1.82, 2.24) is 0 Å². The SMILES string of the molecule is CCOC(=O)c1ccc(NCCC#Cc2c(F)c(F)c(F)c(F)c2F)cc1. The molecule has 0 unspecified atom stereocenters. The van der Waals surface area contributed by atoms with Gasteiger partial charge in [-0.25, -0.2) is 26.7 Å². The van der Waals surface area contributed by atoms with Gasteiger partial charge in [0.1, 0.15) is 5.56 Å². The summed E-state index contributed by atoms with van der Waals surface area (Å²) in [5, 5.41) is 2.94. The Balaban J connectivity index is 1.96. The van der Waals surface area contributed by atoms with Gasteiger partial charge in [0.2, 0.25) is 5.82 Å². The molecule has 0 heterocycles. The number of rotatable bonds is 5. The van der Waals surface area contributed by atoms with Gasteiger partial charge in [0.25, 0.3) is 0 Å². The first-order chi connectivity index (χ1) is 12.9. The number of nitrogens with one attached hydrogen (secondary N) is 1. The highest BCUT2D eigenvalue weighted by Gasteiger charge is 2.24. The van der Waals surface area contributed by atoms with Gasteiger partial charge in [-0.1, -0.05) is 11.8 Å². The summed E-state index contributed by atoms with van der Waals surface area (Å²) < 4.78 is 70.8. The van der Waals surface area contributed by atoms with Crippen LogP contribution in [0.25, 0.3) is 0 Å². The van der Waals surface area contributed by atoms with Crippen LogP contribution in [0.4, 0.5) is 27.6 Å². The van der Waals surface area contributed by atoms with Crippen molar-refractivity contribution in [2.45, 2.75) is 13.3 Å². The Bertz CT molecular complexity index is 872. The van der Waals surface area contributed by atoms with Crippen LogP contribution in [0.15, 0.2) is 24.3 Å². The van der Waals surface area contributed by atoms with Crippen LogP contribution in [-0.2, 0) is 4.74 Å². The fraction of sp³-hybridized carbons (Fsp3) is 0.211. The summed E-state index contributed by atoms with van der Waals surface area (Å²) in [6.45, 7) is 2.21. The van der Waals surface area contributed by atoms with Gasteiger partial charge in [0.05, 0.1) is 12.2 Å². The molecule has 8 heteroatoms. The van der Waals surface area contributed by atoms with Crippen molar-refractivity contribution >= 4 is 11.7 Å². The van der Waals surface area contributed by atoms with Crippen molar-refractivity contribution in [1.29, 1.82) is 0 Å². The summed E-state index contributed by atoms with van der Waals surface area (Å²) in [4.78, 5) is 11.5. The van der Waals surface area contributed by atoms with E-state index in [9.17, 15) is 26.7 Å². The highest BCUT2D eigenvalue weighted by molar-refractivity contribution is 5.89. The molecule has 142 valence electrons. The number of carbonyl (C=O) groups excluding carboxylic acids is 1. The zero-order valence-corrected chi connectivity index (χ0v) is 14.1. The Morgan fingerprint density at radius 2 is 1.52 bits per heavy atom. The van der Waals surface area contributed by atoms with Crippen LogP contribution < -0.4 is 5.32 Å². The molecular weight excluding hydrogens is 369 g/mol. The highest BCUT2D eigenvalue weighted by atomic mass is 19.2. The predicted octanol–water partition coefficient (Wildman–Crippen LogP) is 4.41. The van der Waals surface area contributed by atoms with Crippen molar-refractivity contribution in [3.63, 3.8) is 0 Å². The summed E-state index contributed by atoms with van der Waals surface area (Å²) in [5.74, 6) is -6.32. The van der Waals surface area contributed by atoms with Crippen LogP contribution in [0.2, 0.25) is 0 Å². The Kier molecular flexibility index (Phi) is 6.77. The highest BCUT2D eigenvalue weighted by Crippen LogP contribution is 2.22. The largest absolute Gasteiger partial charge is 0.462 e. The normalized spacial score (nSPS) is 10.1. The Morgan fingerprint density at radius 1 is 0.963 bits per heavy atom. The first-order valence-electron chi connectivity index (χ1n) is 7.88. The molecule has 0 radical (unpaired) electrons. The van der Waals surface area contributed by atoms with Crippen LogP contribution in [0.3, 0.4) is 0 Å². The van der Waals surface area contributed by atoms with E-state index in [1.54, 1.807) is 31.2 Å². The number of halogens is 5. The number of carbonyl (C=O) groups is 1. The Labute approximate surface area is 152 Å². The van der Waals surface area contributed by atoms with Crippen molar-refractivity contribution in [3.8, 4) is 11.8 Å².